The van der Waals surface area contributed by atoms with Crippen LogP contribution in [0.1, 0.15) is 64.2 Å². The monoisotopic (exact) mass is 376 g/mol. The van der Waals surface area contributed by atoms with Crippen LogP contribution in [0.5, 0.6) is 0 Å². The van der Waals surface area contributed by atoms with Gasteiger partial charge in [0.2, 0.25) is 12.2 Å². The Morgan fingerprint density at radius 3 is 1.40 bits per heavy atom. The molecule has 9 heteroatoms. The van der Waals surface area contributed by atoms with E-state index in [0.717, 1.165) is 64.2 Å². The fourth-order valence-corrected chi connectivity index (χ4v) is 4.44. The molecule has 1 heterocycles. The van der Waals surface area contributed by atoms with Gasteiger partial charge in [-0.15, -0.1) is 0 Å². The summed E-state index contributed by atoms with van der Waals surface area (Å²) in [5, 5.41) is 0. The largest absolute Gasteiger partial charge is 0.460 e. The first kappa shape index (κ1) is 18.6. The Morgan fingerprint density at radius 1 is 0.680 bits per heavy atom. The summed E-state index contributed by atoms with van der Waals surface area (Å²) >= 11 is 0. The Labute approximate surface area is 147 Å². The first-order chi connectivity index (χ1) is 11.9. The quantitative estimate of drug-likeness (QED) is 0.684. The highest BCUT2D eigenvalue weighted by Crippen LogP contribution is 2.28. The van der Waals surface area contributed by atoms with Crippen molar-refractivity contribution in [1.82, 2.24) is 0 Å². The van der Waals surface area contributed by atoms with Crippen molar-refractivity contribution in [1.29, 1.82) is 0 Å². The summed E-state index contributed by atoms with van der Waals surface area (Å²) in [5.41, 5.74) is 0. The minimum Gasteiger partial charge on any atom is -0.460 e. The smallest absolute Gasteiger partial charge is 0.401 e. The van der Waals surface area contributed by atoms with Gasteiger partial charge in [-0.2, -0.15) is 8.42 Å². The zero-order valence-corrected chi connectivity index (χ0v) is 14.9. The van der Waals surface area contributed by atoms with Crippen molar-refractivity contribution in [3.05, 3.63) is 0 Å². The van der Waals surface area contributed by atoms with Gasteiger partial charge in [-0.05, 0) is 51.4 Å². The fourth-order valence-electron chi connectivity index (χ4n) is 3.53. The van der Waals surface area contributed by atoms with Crippen molar-refractivity contribution < 1.29 is 35.8 Å². The van der Waals surface area contributed by atoms with E-state index in [2.05, 4.69) is 8.37 Å². The Bertz CT molecular complexity index is 543. The van der Waals surface area contributed by atoms with Crippen LogP contribution in [-0.2, 0) is 37.8 Å². The van der Waals surface area contributed by atoms with E-state index in [9.17, 15) is 18.0 Å². The molecule has 0 bridgehead atoms. The molecule has 0 spiro atoms. The molecule has 142 valence electrons. The summed E-state index contributed by atoms with van der Waals surface area (Å²) in [5.74, 6) is -1.78. The van der Waals surface area contributed by atoms with Crippen molar-refractivity contribution >= 4 is 22.3 Å². The van der Waals surface area contributed by atoms with E-state index in [4.69, 9.17) is 9.47 Å². The zero-order valence-electron chi connectivity index (χ0n) is 14.1. The van der Waals surface area contributed by atoms with Crippen LogP contribution in [0, 0.1) is 0 Å². The van der Waals surface area contributed by atoms with Crippen molar-refractivity contribution in [2.24, 2.45) is 0 Å². The number of rotatable bonds is 4. The highest BCUT2D eigenvalue weighted by atomic mass is 32.3. The van der Waals surface area contributed by atoms with E-state index in [1.165, 1.54) is 0 Å². The van der Waals surface area contributed by atoms with Crippen LogP contribution in [0.3, 0.4) is 0 Å². The van der Waals surface area contributed by atoms with Crippen LogP contribution in [0.15, 0.2) is 0 Å². The molecule has 25 heavy (non-hydrogen) atoms. The minimum absolute atomic E-state index is 0.275. The summed E-state index contributed by atoms with van der Waals surface area (Å²) in [6.07, 6.45) is 5.05. The number of hydrogen-bond acceptors (Lipinski definition) is 8. The third kappa shape index (κ3) is 4.92. The molecule has 3 rings (SSSR count). The Morgan fingerprint density at radius 2 is 1.04 bits per heavy atom. The van der Waals surface area contributed by atoms with Crippen molar-refractivity contribution in [3.8, 4) is 0 Å². The zero-order chi connectivity index (χ0) is 17.9. The van der Waals surface area contributed by atoms with E-state index in [1.54, 1.807) is 0 Å². The van der Waals surface area contributed by atoms with Crippen LogP contribution in [0.25, 0.3) is 0 Å². The highest BCUT2D eigenvalue weighted by molar-refractivity contribution is 7.82. The molecule has 0 amide bonds. The third-order valence-corrected chi connectivity index (χ3v) is 5.74. The highest BCUT2D eigenvalue weighted by Gasteiger charge is 2.51. The second kappa shape index (κ2) is 8.01. The van der Waals surface area contributed by atoms with E-state index >= 15 is 0 Å². The molecular formula is C16H24O8S. The number of hydrogen-bond donors (Lipinski definition) is 0. The molecule has 2 atom stereocenters. The molecule has 3 fully saturated rings. The van der Waals surface area contributed by atoms with E-state index in [1.807, 2.05) is 0 Å². The second-order valence-corrected chi connectivity index (χ2v) is 8.04. The molecule has 1 saturated heterocycles. The Balaban J connectivity index is 1.62. The number of carbonyl (C=O) groups is 2. The summed E-state index contributed by atoms with van der Waals surface area (Å²) in [6, 6.07) is 0. The van der Waals surface area contributed by atoms with Crippen molar-refractivity contribution in [3.63, 3.8) is 0 Å². The molecule has 1 aliphatic heterocycles. The van der Waals surface area contributed by atoms with E-state index in [0.29, 0.717) is 0 Å². The number of esters is 2. The third-order valence-electron chi connectivity index (χ3n) is 4.85. The first-order valence-electron chi connectivity index (χ1n) is 8.97. The summed E-state index contributed by atoms with van der Waals surface area (Å²) in [7, 11) is -4.42. The lowest BCUT2D eigenvalue weighted by Crippen LogP contribution is -2.42. The number of ether oxygens (including phenoxy) is 2. The first-order valence-corrected chi connectivity index (χ1v) is 10.3. The lowest BCUT2D eigenvalue weighted by molar-refractivity contribution is -0.170. The van der Waals surface area contributed by atoms with Gasteiger partial charge >= 0.3 is 22.3 Å². The van der Waals surface area contributed by atoms with Gasteiger partial charge in [0.05, 0.1) is 0 Å². The number of carbonyl (C=O) groups excluding carboxylic acids is 2. The SMILES string of the molecule is O=C(OC1CCCCC1)C1OS(=O)(=O)OC1C(=O)OC1CCCCC1. The average Bonchev–Trinajstić information content (AvgIpc) is 2.93. The molecule has 3 aliphatic rings. The molecule has 0 aromatic rings. The predicted molar refractivity (Wildman–Crippen MR) is 84.6 cm³/mol. The predicted octanol–water partition coefficient (Wildman–Crippen LogP) is 1.77. The van der Waals surface area contributed by atoms with E-state index < -0.39 is 34.5 Å². The van der Waals surface area contributed by atoms with Gasteiger partial charge in [-0.1, -0.05) is 12.8 Å². The van der Waals surface area contributed by atoms with Crippen LogP contribution >= 0.6 is 0 Å². The van der Waals surface area contributed by atoms with E-state index in [-0.39, 0.29) is 12.2 Å². The fraction of sp³-hybridized carbons (Fsp3) is 0.875. The van der Waals surface area contributed by atoms with Gasteiger partial charge in [0.25, 0.3) is 0 Å². The van der Waals surface area contributed by atoms with Crippen LogP contribution in [0.4, 0.5) is 0 Å². The molecule has 2 unspecified atom stereocenters. The van der Waals surface area contributed by atoms with Gasteiger partial charge in [0, 0.05) is 0 Å². The Hall–Kier alpha value is -1.19. The molecule has 2 aliphatic carbocycles. The van der Waals surface area contributed by atoms with Gasteiger partial charge in [0.1, 0.15) is 12.2 Å². The summed E-state index contributed by atoms with van der Waals surface area (Å²) in [4.78, 5) is 24.6. The van der Waals surface area contributed by atoms with Crippen LogP contribution < -0.4 is 0 Å². The van der Waals surface area contributed by atoms with Crippen molar-refractivity contribution in [2.75, 3.05) is 0 Å². The topological polar surface area (TPSA) is 105 Å². The molecule has 0 aromatic heterocycles. The minimum atomic E-state index is -4.42. The molecule has 2 saturated carbocycles. The molecular weight excluding hydrogens is 352 g/mol. The summed E-state index contributed by atoms with van der Waals surface area (Å²) < 4.78 is 43.1. The lowest BCUT2D eigenvalue weighted by atomic mass is 9.97. The van der Waals surface area contributed by atoms with Crippen LogP contribution in [-0.4, -0.2) is 44.8 Å². The maximum absolute atomic E-state index is 12.3. The Kier molecular flexibility index (Phi) is 5.96. The maximum Gasteiger partial charge on any atom is 0.401 e. The van der Waals surface area contributed by atoms with Gasteiger partial charge in [0.15, 0.2) is 0 Å². The lowest BCUT2D eigenvalue weighted by Gasteiger charge is -2.25. The molecule has 8 nitrogen and oxygen atoms in total. The average molecular weight is 376 g/mol. The normalized spacial score (nSPS) is 30.7. The van der Waals surface area contributed by atoms with Gasteiger partial charge in [-0.3, -0.25) is 0 Å². The van der Waals surface area contributed by atoms with Gasteiger partial charge < -0.3 is 9.47 Å². The molecule has 0 N–H and O–H groups in total. The van der Waals surface area contributed by atoms with Crippen molar-refractivity contribution in [2.45, 2.75) is 88.6 Å². The van der Waals surface area contributed by atoms with Gasteiger partial charge in [-0.25, -0.2) is 18.0 Å². The second-order valence-electron chi connectivity index (χ2n) is 6.84. The molecule has 0 radical (unpaired) electrons. The maximum atomic E-state index is 12.3. The molecule has 0 aromatic carbocycles. The van der Waals surface area contributed by atoms with Crippen LogP contribution in [0.2, 0.25) is 0 Å². The summed E-state index contributed by atoms with van der Waals surface area (Å²) in [6.45, 7) is 0. The standard InChI is InChI=1S/C16H24O8S/c17-15(21-11-7-3-1-4-8-11)13-14(24-25(19,20)23-13)16(18)22-12-9-5-2-6-10-12/h11-14H,1-10H2.